The van der Waals surface area contributed by atoms with E-state index in [1.165, 1.54) is 11.8 Å². The summed E-state index contributed by atoms with van der Waals surface area (Å²) in [6, 6.07) is 0. The minimum atomic E-state index is 0.246. The van der Waals surface area contributed by atoms with Crippen LogP contribution in [0.2, 0.25) is 5.28 Å². The highest BCUT2D eigenvalue weighted by molar-refractivity contribution is 7.98. The fourth-order valence-corrected chi connectivity index (χ4v) is 1.96. The van der Waals surface area contributed by atoms with E-state index in [0.29, 0.717) is 5.65 Å². The normalized spacial score (nSPS) is 11.0. The van der Waals surface area contributed by atoms with Gasteiger partial charge in [-0.2, -0.15) is 4.98 Å². The highest BCUT2D eigenvalue weighted by atomic mass is 35.5. The molecule has 0 amide bonds. The molecular formula is C7H7ClN4S. The quantitative estimate of drug-likeness (QED) is 0.412. The number of thioether (sulfide) groups is 1. The van der Waals surface area contributed by atoms with Crippen LogP contribution in [0, 0.1) is 0 Å². The number of fused-ring (bicyclic) bond motifs is 1. The van der Waals surface area contributed by atoms with Crippen molar-refractivity contribution in [2.45, 2.75) is 5.03 Å². The molecule has 0 aromatic carbocycles. The molecule has 0 aliphatic heterocycles. The Kier molecular flexibility index (Phi) is 2.13. The first-order chi connectivity index (χ1) is 6.22. The third-order valence-corrected chi connectivity index (χ3v) is 2.55. The van der Waals surface area contributed by atoms with Crippen LogP contribution < -0.4 is 0 Å². The third kappa shape index (κ3) is 1.38. The lowest BCUT2D eigenvalue weighted by Crippen LogP contribution is -1.92. The Labute approximate surface area is 84.3 Å². The lowest BCUT2D eigenvalue weighted by molar-refractivity contribution is 0.925. The van der Waals surface area contributed by atoms with Crippen LogP contribution >= 0.6 is 23.4 Å². The maximum atomic E-state index is 5.73. The van der Waals surface area contributed by atoms with Gasteiger partial charge in [0, 0.05) is 7.05 Å². The van der Waals surface area contributed by atoms with E-state index in [9.17, 15) is 0 Å². The molecule has 0 unspecified atom stereocenters. The molecular weight excluding hydrogens is 208 g/mol. The van der Waals surface area contributed by atoms with Crippen LogP contribution in [-0.4, -0.2) is 25.8 Å². The predicted molar refractivity (Wildman–Crippen MR) is 53.1 cm³/mol. The Morgan fingerprint density at radius 3 is 2.92 bits per heavy atom. The summed E-state index contributed by atoms with van der Waals surface area (Å²) in [4.78, 5) is 12.2. The number of aromatic nitrogens is 4. The average molecular weight is 215 g/mol. The SMILES string of the molecule is CSc1nc(Cl)nc2ncn(C)c12. The Bertz CT molecular complexity index is 453. The van der Waals surface area contributed by atoms with E-state index in [1.807, 2.05) is 17.9 Å². The van der Waals surface area contributed by atoms with Crippen molar-refractivity contribution >= 4 is 34.5 Å². The van der Waals surface area contributed by atoms with Gasteiger partial charge in [-0.25, -0.2) is 9.97 Å². The molecule has 2 aromatic heterocycles. The fraction of sp³-hybridized carbons (Fsp3) is 0.286. The number of imidazole rings is 1. The maximum absolute atomic E-state index is 5.73. The van der Waals surface area contributed by atoms with Gasteiger partial charge in [0.15, 0.2) is 5.65 Å². The van der Waals surface area contributed by atoms with Gasteiger partial charge >= 0.3 is 0 Å². The molecule has 0 radical (unpaired) electrons. The van der Waals surface area contributed by atoms with Crippen molar-refractivity contribution < 1.29 is 0 Å². The van der Waals surface area contributed by atoms with Crippen LogP contribution in [0.4, 0.5) is 0 Å². The summed E-state index contributed by atoms with van der Waals surface area (Å²) in [6.07, 6.45) is 3.65. The molecule has 0 aliphatic rings. The summed E-state index contributed by atoms with van der Waals surface area (Å²) in [7, 11) is 1.91. The van der Waals surface area contributed by atoms with E-state index >= 15 is 0 Å². The molecule has 0 atom stereocenters. The number of halogens is 1. The summed E-state index contributed by atoms with van der Waals surface area (Å²) in [5, 5.41) is 1.10. The average Bonchev–Trinajstić information content (AvgIpc) is 2.46. The lowest BCUT2D eigenvalue weighted by atomic mass is 10.5. The summed E-state index contributed by atoms with van der Waals surface area (Å²) >= 11 is 7.26. The van der Waals surface area contributed by atoms with Gasteiger partial charge in [0.2, 0.25) is 5.28 Å². The largest absolute Gasteiger partial charge is 0.330 e. The number of nitrogens with zero attached hydrogens (tertiary/aromatic N) is 4. The van der Waals surface area contributed by atoms with Gasteiger partial charge in [-0.3, -0.25) is 0 Å². The molecule has 6 heteroatoms. The first-order valence-electron chi connectivity index (χ1n) is 3.61. The van der Waals surface area contributed by atoms with Crippen LogP contribution in [0.15, 0.2) is 11.4 Å². The topological polar surface area (TPSA) is 43.6 Å². The van der Waals surface area contributed by atoms with Gasteiger partial charge in [-0.15, -0.1) is 11.8 Å². The Balaban J connectivity index is 2.85. The highest BCUT2D eigenvalue weighted by Gasteiger charge is 2.09. The minimum absolute atomic E-state index is 0.246. The second-order valence-electron chi connectivity index (χ2n) is 2.53. The Morgan fingerprint density at radius 2 is 2.23 bits per heavy atom. The van der Waals surface area contributed by atoms with E-state index < -0.39 is 0 Å². The Morgan fingerprint density at radius 1 is 1.46 bits per heavy atom. The lowest BCUT2D eigenvalue weighted by Gasteiger charge is -1.99. The molecule has 0 spiro atoms. The van der Waals surface area contributed by atoms with Crippen LogP contribution in [-0.2, 0) is 7.05 Å². The number of hydrogen-bond acceptors (Lipinski definition) is 4. The van der Waals surface area contributed by atoms with Gasteiger partial charge < -0.3 is 4.57 Å². The summed E-state index contributed by atoms with van der Waals surface area (Å²) < 4.78 is 1.89. The molecule has 2 aromatic rings. The van der Waals surface area contributed by atoms with Crippen LogP contribution in [0.5, 0.6) is 0 Å². The van der Waals surface area contributed by atoms with Gasteiger partial charge in [-0.05, 0) is 17.9 Å². The van der Waals surface area contributed by atoms with Crippen molar-refractivity contribution in [3.8, 4) is 0 Å². The summed E-state index contributed by atoms with van der Waals surface area (Å²) in [5.41, 5.74) is 1.57. The zero-order chi connectivity index (χ0) is 9.42. The van der Waals surface area contributed by atoms with E-state index in [-0.39, 0.29) is 5.28 Å². The molecule has 0 saturated carbocycles. The smallest absolute Gasteiger partial charge is 0.225 e. The third-order valence-electron chi connectivity index (χ3n) is 1.71. The minimum Gasteiger partial charge on any atom is -0.330 e. The van der Waals surface area contributed by atoms with E-state index in [2.05, 4.69) is 15.0 Å². The van der Waals surface area contributed by atoms with E-state index in [0.717, 1.165) is 10.5 Å². The Hall–Kier alpha value is -0.810. The standard InChI is InChI=1S/C7H7ClN4S/c1-12-3-9-5-4(12)6(13-2)11-7(8)10-5/h3H,1-2H3. The van der Waals surface area contributed by atoms with E-state index in [4.69, 9.17) is 11.6 Å². The van der Waals surface area contributed by atoms with Crippen molar-refractivity contribution in [1.82, 2.24) is 19.5 Å². The molecule has 13 heavy (non-hydrogen) atoms. The molecule has 0 bridgehead atoms. The van der Waals surface area contributed by atoms with Gasteiger partial charge in [0.1, 0.15) is 10.5 Å². The van der Waals surface area contributed by atoms with Gasteiger partial charge in [-0.1, -0.05) is 0 Å². The molecule has 2 rings (SSSR count). The molecule has 2 heterocycles. The fourth-order valence-electron chi connectivity index (χ4n) is 1.14. The van der Waals surface area contributed by atoms with Crippen LogP contribution in [0.3, 0.4) is 0 Å². The zero-order valence-corrected chi connectivity index (χ0v) is 8.72. The molecule has 0 aliphatic carbocycles. The second kappa shape index (κ2) is 3.16. The van der Waals surface area contributed by atoms with Gasteiger partial charge in [0.25, 0.3) is 0 Å². The second-order valence-corrected chi connectivity index (χ2v) is 3.66. The first-order valence-corrected chi connectivity index (χ1v) is 5.21. The molecule has 0 saturated heterocycles. The molecule has 4 nitrogen and oxygen atoms in total. The highest BCUT2D eigenvalue weighted by Crippen LogP contribution is 2.23. The number of hydrogen-bond donors (Lipinski definition) is 0. The van der Waals surface area contributed by atoms with Gasteiger partial charge in [0.05, 0.1) is 6.33 Å². The monoisotopic (exact) mass is 214 g/mol. The van der Waals surface area contributed by atoms with Crippen molar-refractivity contribution in [2.24, 2.45) is 7.05 Å². The molecule has 0 N–H and O–H groups in total. The maximum Gasteiger partial charge on any atom is 0.225 e. The van der Waals surface area contributed by atoms with Crippen molar-refractivity contribution in [3.63, 3.8) is 0 Å². The predicted octanol–water partition coefficient (Wildman–Crippen LogP) is 1.74. The summed E-state index contributed by atoms with van der Waals surface area (Å²) in [5.74, 6) is 0. The van der Waals surface area contributed by atoms with Crippen LogP contribution in [0.25, 0.3) is 11.2 Å². The molecule has 0 fully saturated rings. The molecule has 68 valence electrons. The number of aryl methyl sites for hydroxylation is 1. The van der Waals surface area contributed by atoms with E-state index in [1.54, 1.807) is 6.33 Å². The van der Waals surface area contributed by atoms with Crippen molar-refractivity contribution in [2.75, 3.05) is 6.26 Å². The zero-order valence-electron chi connectivity index (χ0n) is 7.15. The number of rotatable bonds is 1. The summed E-state index contributed by atoms with van der Waals surface area (Å²) in [6.45, 7) is 0. The van der Waals surface area contributed by atoms with Crippen molar-refractivity contribution in [3.05, 3.63) is 11.6 Å². The van der Waals surface area contributed by atoms with Crippen molar-refractivity contribution in [1.29, 1.82) is 0 Å². The first kappa shape index (κ1) is 8.77. The van der Waals surface area contributed by atoms with Crippen LogP contribution in [0.1, 0.15) is 0 Å².